The lowest BCUT2D eigenvalue weighted by atomic mass is 9.89. The van der Waals surface area contributed by atoms with Gasteiger partial charge in [-0.25, -0.2) is 0 Å². The minimum atomic E-state index is -0.788. The van der Waals surface area contributed by atoms with E-state index in [0.717, 1.165) is 22.5 Å². The van der Waals surface area contributed by atoms with Gasteiger partial charge in [-0.05, 0) is 23.3 Å². The number of benzene rings is 1. The number of rotatable bonds is 1. The summed E-state index contributed by atoms with van der Waals surface area (Å²) in [5, 5.41) is 9.60. The lowest BCUT2D eigenvalue weighted by Gasteiger charge is -2.22. The van der Waals surface area contributed by atoms with Crippen molar-refractivity contribution in [3.05, 3.63) is 65.4 Å². The van der Waals surface area contributed by atoms with Gasteiger partial charge in [0, 0.05) is 24.9 Å². The van der Waals surface area contributed by atoms with Gasteiger partial charge >= 0.3 is 5.97 Å². The highest BCUT2D eigenvalue weighted by atomic mass is 16.4. The number of carboxylic acids is 1. The molecule has 1 aromatic carbocycles. The Balaban J connectivity index is 2.28. The van der Waals surface area contributed by atoms with Gasteiger partial charge in [0.25, 0.3) is 0 Å². The lowest BCUT2D eigenvalue weighted by Crippen LogP contribution is -2.16. The van der Waals surface area contributed by atoms with Gasteiger partial charge in [0.1, 0.15) is 5.92 Å². The highest BCUT2D eigenvalue weighted by Crippen LogP contribution is 2.41. The maximum Gasteiger partial charge on any atom is 0.315 e. The second-order valence-corrected chi connectivity index (χ2v) is 4.85. The highest BCUT2D eigenvalue weighted by molar-refractivity contribution is 5.84. The SMILES string of the molecule is CN1C2=CC=CC=C(C2)C(C(=O)O)c2ccccc21. The van der Waals surface area contributed by atoms with Gasteiger partial charge in [0.05, 0.1) is 0 Å². The summed E-state index contributed by atoms with van der Waals surface area (Å²) in [5.41, 5.74) is 3.89. The first kappa shape index (κ1) is 11.8. The first-order valence-corrected chi connectivity index (χ1v) is 6.30. The van der Waals surface area contributed by atoms with Gasteiger partial charge in [-0.15, -0.1) is 0 Å². The standard InChI is InChI=1S/C16H15NO2/c1-17-12-7-3-2-6-11(10-12)15(16(18)19)13-8-4-5-9-14(13)17/h2-9,15H,10H2,1H3,(H,18,19). The monoisotopic (exact) mass is 253 g/mol. The van der Waals surface area contributed by atoms with Crippen molar-refractivity contribution in [2.75, 3.05) is 11.9 Å². The van der Waals surface area contributed by atoms with Crippen LogP contribution in [0.2, 0.25) is 0 Å². The number of anilines is 1. The Morgan fingerprint density at radius 2 is 2.00 bits per heavy atom. The molecule has 0 saturated heterocycles. The van der Waals surface area contributed by atoms with Crippen LogP contribution in [0.1, 0.15) is 17.9 Å². The molecule has 3 heteroatoms. The lowest BCUT2D eigenvalue weighted by molar-refractivity contribution is -0.137. The zero-order valence-electron chi connectivity index (χ0n) is 10.7. The Morgan fingerprint density at radius 3 is 2.79 bits per heavy atom. The Bertz CT molecular complexity index is 625. The van der Waals surface area contributed by atoms with Crippen LogP contribution in [0.4, 0.5) is 5.69 Å². The van der Waals surface area contributed by atoms with E-state index in [0.29, 0.717) is 6.42 Å². The van der Waals surface area contributed by atoms with Gasteiger partial charge in [0.2, 0.25) is 0 Å². The molecule has 1 aliphatic heterocycles. The normalized spacial score (nSPS) is 20.9. The third-order valence-electron chi connectivity index (χ3n) is 3.75. The molecule has 1 aliphatic carbocycles. The smallest absolute Gasteiger partial charge is 0.315 e. The van der Waals surface area contributed by atoms with Crippen molar-refractivity contribution < 1.29 is 9.90 Å². The summed E-state index contributed by atoms with van der Waals surface area (Å²) in [6, 6.07) is 7.73. The van der Waals surface area contributed by atoms with E-state index >= 15 is 0 Å². The third kappa shape index (κ3) is 1.87. The second-order valence-electron chi connectivity index (χ2n) is 4.85. The summed E-state index contributed by atoms with van der Waals surface area (Å²) in [7, 11) is 1.99. The van der Waals surface area contributed by atoms with Crippen LogP contribution in [0, 0.1) is 0 Å². The third-order valence-corrected chi connectivity index (χ3v) is 3.75. The van der Waals surface area contributed by atoms with Crippen LogP contribution < -0.4 is 4.90 Å². The maximum absolute atomic E-state index is 11.7. The molecule has 2 aliphatic rings. The fourth-order valence-electron chi connectivity index (χ4n) is 2.78. The predicted molar refractivity (Wildman–Crippen MR) is 75.1 cm³/mol. The first-order valence-electron chi connectivity index (χ1n) is 6.30. The van der Waals surface area contributed by atoms with Crippen molar-refractivity contribution in [2.24, 2.45) is 0 Å². The number of carboxylic acid groups (broad SMARTS) is 1. The van der Waals surface area contributed by atoms with E-state index in [1.165, 1.54) is 0 Å². The van der Waals surface area contributed by atoms with E-state index in [1.807, 2.05) is 55.6 Å². The van der Waals surface area contributed by atoms with E-state index in [-0.39, 0.29) is 0 Å². The fourth-order valence-corrected chi connectivity index (χ4v) is 2.78. The van der Waals surface area contributed by atoms with Crippen LogP contribution in [0.3, 0.4) is 0 Å². The molecule has 1 atom stereocenters. The predicted octanol–water partition coefficient (Wildman–Crippen LogP) is 3.07. The Morgan fingerprint density at radius 1 is 1.26 bits per heavy atom. The van der Waals surface area contributed by atoms with Crippen molar-refractivity contribution >= 4 is 11.7 Å². The molecule has 2 bridgehead atoms. The molecule has 19 heavy (non-hydrogen) atoms. The Labute approximate surface area is 112 Å². The highest BCUT2D eigenvalue weighted by Gasteiger charge is 2.32. The molecule has 0 spiro atoms. The summed E-state index contributed by atoms with van der Waals surface area (Å²) < 4.78 is 0. The van der Waals surface area contributed by atoms with Crippen molar-refractivity contribution in [1.82, 2.24) is 0 Å². The molecule has 96 valence electrons. The van der Waals surface area contributed by atoms with Crippen LogP contribution >= 0.6 is 0 Å². The Kier molecular flexibility index (Phi) is 2.75. The van der Waals surface area contributed by atoms with Crippen molar-refractivity contribution in [1.29, 1.82) is 0 Å². The van der Waals surface area contributed by atoms with Crippen LogP contribution in [0.15, 0.2) is 59.8 Å². The number of allylic oxidation sites excluding steroid dienone is 5. The van der Waals surface area contributed by atoms with Crippen LogP contribution in [-0.2, 0) is 4.79 Å². The van der Waals surface area contributed by atoms with E-state index in [9.17, 15) is 9.90 Å². The van der Waals surface area contributed by atoms with Crippen molar-refractivity contribution in [2.45, 2.75) is 12.3 Å². The summed E-state index contributed by atoms with van der Waals surface area (Å²) >= 11 is 0. The van der Waals surface area contributed by atoms with Crippen molar-refractivity contribution in [3.63, 3.8) is 0 Å². The van der Waals surface area contributed by atoms with Crippen LogP contribution in [0.25, 0.3) is 0 Å². The zero-order chi connectivity index (χ0) is 13.4. The molecule has 1 N–H and O–H groups in total. The summed E-state index contributed by atoms with van der Waals surface area (Å²) in [6.45, 7) is 0. The van der Waals surface area contributed by atoms with E-state index < -0.39 is 11.9 Å². The molecule has 0 amide bonds. The number of hydrogen-bond donors (Lipinski definition) is 1. The number of fused-ring (bicyclic) bond motifs is 3. The molecule has 3 nitrogen and oxygen atoms in total. The average Bonchev–Trinajstić information content (AvgIpc) is 2.70. The second kappa shape index (κ2) is 4.43. The molecule has 1 unspecified atom stereocenters. The quantitative estimate of drug-likeness (QED) is 0.836. The van der Waals surface area contributed by atoms with Crippen LogP contribution in [-0.4, -0.2) is 18.1 Å². The molecule has 3 rings (SSSR count). The van der Waals surface area contributed by atoms with Crippen LogP contribution in [0.5, 0.6) is 0 Å². The van der Waals surface area contributed by atoms with E-state index in [1.54, 1.807) is 0 Å². The summed E-state index contributed by atoms with van der Waals surface area (Å²) in [5.74, 6) is -1.35. The summed E-state index contributed by atoms with van der Waals surface area (Å²) in [6.07, 6.45) is 8.53. The number of hydrogen-bond acceptors (Lipinski definition) is 2. The van der Waals surface area contributed by atoms with Gasteiger partial charge in [0.15, 0.2) is 0 Å². The largest absolute Gasteiger partial charge is 0.481 e. The van der Waals surface area contributed by atoms with Gasteiger partial charge in [-0.1, -0.05) is 36.4 Å². The number of carbonyl (C=O) groups is 1. The number of nitrogens with zero attached hydrogens (tertiary/aromatic N) is 1. The molecular weight excluding hydrogens is 238 g/mol. The number of aliphatic carboxylic acids is 1. The molecule has 1 heterocycles. The fraction of sp³-hybridized carbons (Fsp3) is 0.188. The van der Waals surface area contributed by atoms with Crippen molar-refractivity contribution in [3.8, 4) is 0 Å². The van der Waals surface area contributed by atoms with E-state index in [2.05, 4.69) is 4.90 Å². The zero-order valence-corrected chi connectivity index (χ0v) is 10.7. The molecule has 0 saturated carbocycles. The first-order chi connectivity index (χ1) is 9.18. The molecular formula is C16H15NO2. The van der Waals surface area contributed by atoms with E-state index in [4.69, 9.17) is 0 Å². The minimum absolute atomic E-state index is 0.563. The minimum Gasteiger partial charge on any atom is -0.481 e. The molecule has 1 aromatic rings. The summed E-state index contributed by atoms with van der Waals surface area (Å²) in [4.78, 5) is 13.8. The molecule has 0 radical (unpaired) electrons. The molecule has 0 fully saturated rings. The average molecular weight is 253 g/mol. The van der Waals surface area contributed by atoms with Gasteiger partial charge < -0.3 is 10.0 Å². The number of para-hydroxylation sites is 1. The maximum atomic E-state index is 11.7. The Hall–Kier alpha value is -2.29. The van der Waals surface area contributed by atoms with Gasteiger partial charge in [-0.3, -0.25) is 4.79 Å². The molecule has 0 aromatic heterocycles. The topological polar surface area (TPSA) is 40.5 Å². The van der Waals surface area contributed by atoms with Gasteiger partial charge in [-0.2, -0.15) is 0 Å².